The van der Waals surface area contributed by atoms with Gasteiger partial charge >= 0.3 is 11.9 Å². The Morgan fingerprint density at radius 2 is 0.679 bits per heavy atom. The average molecular weight is 1890 g/mol. The summed E-state index contributed by atoms with van der Waals surface area (Å²) in [6.45, 7) is 49.1. The Morgan fingerprint density at radius 1 is 0.388 bits per heavy atom. The quantitative estimate of drug-likeness (QED) is 0.0353. The number of hydrogen-bond donors (Lipinski definition) is 3. The standard InChI is InChI=1S/C28H36N6O2S.C26H32N4O3S.C24H29N5OS.C24H28N4O3S/c1-17(2)21-6-8-22(9-7-21)26-25-18(3)19(4)37-28(25)34-20(5)30-31-27(34)23(29-26)16-24(36)33-12-10-32(11-13-33)14-15-35;1-15(2)19-8-10-20(11-9-19)24-23-16(3)17(4)34-26(23)30-18(5)28-29-25(30)21(27-24)14-22(31)33-13-7-12-32-6;1-7-25-20(30)12-19-23-28-27-16(6)29(23)24-21(14(4)15(5)31-24)22(26-19)18-10-8-17(9-11-18)13(2)3;1-13(2)17-6-8-18(9-7-17)22-21-14(3)15(4)32-24(21)28-16(5)26-27-23(28)19(25-22)12-20(30)31-11-10-29/h6-9,17,23,35H,10-16H2,1-5H3;8-11,15,21H,7,12-14H2,1-6H3;8-11,13,19H,7,12H2,1-6H3,(H,25,30);6-9,13,19,29H,10-12H2,1-5H3/t23-;21-;2*19-/m0000/s1. The third kappa shape index (κ3) is 21.0. The minimum Gasteiger partial charge on any atom is -0.466 e. The summed E-state index contributed by atoms with van der Waals surface area (Å²) in [4.78, 5) is 80.8. The Hall–Kier alpha value is -11.4. The number of benzene rings is 4. The van der Waals surface area contributed by atoms with Crippen molar-refractivity contribution in [2.24, 2.45) is 20.0 Å². The average Bonchev–Trinajstić information content (AvgIpc) is 1.61. The summed E-state index contributed by atoms with van der Waals surface area (Å²) in [5, 5.41) is 60.5. The van der Waals surface area contributed by atoms with Crippen LogP contribution in [-0.2, 0) is 33.4 Å². The third-order valence-corrected chi connectivity index (χ3v) is 30.2. The largest absolute Gasteiger partial charge is 0.466 e. The number of aliphatic hydroxyl groups is 2. The molecule has 4 atom stereocenters. The lowest BCUT2D eigenvalue weighted by Gasteiger charge is -2.34. The summed E-state index contributed by atoms with van der Waals surface area (Å²) < 4.78 is 23.9. The van der Waals surface area contributed by atoms with Crippen molar-refractivity contribution in [1.29, 1.82) is 0 Å². The zero-order valence-electron chi connectivity index (χ0n) is 81.1. The molecule has 1 saturated heterocycles. The van der Waals surface area contributed by atoms with Crippen LogP contribution in [0.15, 0.2) is 117 Å². The molecule has 0 bridgehead atoms. The summed E-state index contributed by atoms with van der Waals surface area (Å²) in [6, 6.07) is 32.5. The fourth-order valence-corrected chi connectivity index (χ4v) is 22.1. The van der Waals surface area contributed by atoms with Crippen molar-refractivity contribution in [3.8, 4) is 20.0 Å². The molecule has 32 heteroatoms. The number of aromatic nitrogens is 12. The van der Waals surface area contributed by atoms with Gasteiger partial charge in [0.2, 0.25) is 11.8 Å². The molecule has 0 radical (unpaired) electrons. The first kappa shape index (κ1) is 98.6. The number of rotatable bonds is 25. The van der Waals surface area contributed by atoms with Crippen LogP contribution in [0.4, 0.5) is 0 Å². The molecule has 28 nitrogen and oxygen atoms in total. The second-order valence-electron chi connectivity index (χ2n) is 35.9. The Bertz CT molecular complexity index is 6380. The molecular formula is C102H125N19O9S4. The molecule has 17 rings (SSSR count). The normalized spacial score (nSPS) is 16.0. The summed E-state index contributed by atoms with van der Waals surface area (Å²) >= 11 is 6.86. The Balaban J connectivity index is 0.000000144. The fraction of sp³-hybridized carbons (Fsp3) is 0.451. The van der Waals surface area contributed by atoms with Crippen molar-refractivity contribution in [2.45, 2.75) is 225 Å². The SMILES string of the molecule is CCNC(=O)C[C@@H]1N=C(c2ccc(C(C)C)cc2)c2c(sc(C)c2C)-n2c(C)nnc21.COCCCOC(=O)C[C@@H]1N=C(c2ccc(C(C)C)cc2)c2c(sc(C)c2C)-n2c(C)nnc21.Cc1sc2c(c1C)C(c1ccc(C(C)C)cc1)=N[C@@H](CC(=O)N1CCN(CCO)CC1)c1nnc(C)n1-2.Cc1sc2c(c1C)C(c1ccc(C(C)C)cc1)=N[C@@H](CC(=O)OCCO)c1nnc(C)n1-2. The number of ether oxygens (including phenoxy) is 3. The maximum atomic E-state index is 13.5. The van der Waals surface area contributed by atoms with E-state index in [0.717, 1.165) is 135 Å². The number of carbonyl (C=O) groups is 4. The van der Waals surface area contributed by atoms with Gasteiger partial charge in [-0.05, 0) is 158 Å². The summed E-state index contributed by atoms with van der Waals surface area (Å²) in [5.41, 5.74) is 22.0. The smallest absolute Gasteiger partial charge is 0.308 e. The summed E-state index contributed by atoms with van der Waals surface area (Å²) in [6.07, 6.45) is 1.28. The Labute approximate surface area is 801 Å². The number of amides is 2. The van der Waals surface area contributed by atoms with E-state index in [4.69, 9.17) is 39.3 Å². The van der Waals surface area contributed by atoms with Gasteiger partial charge in [-0.25, -0.2) is 0 Å². The van der Waals surface area contributed by atoms with Crippen LogP contribution in [-0.4, -0.2) is 205 Å². The van der Waals surface area contributed by atoms with Gasteiger partial charge in [-0.15, -0.1) is 86.1 Å². The number of hydrogen-bond acceptors (Lipinski definition) is 26. The molecule has 4 aromatic carbocycles. The monoisotopic (exact) mass is 1890 g/mol. The fourth-order valence-electron chi connectivity index (χ4n) is 17.3. The summed E-state index contributed by atoms with van der Waals surface area (Å²) in [7, 11) is 1.63. The Morgan fingerprint density at radius 3 is 0.955 bits per heavy atom. The maximum Gasteiger partial charge on any atom is 0.308 e. The van der Waals surface area contributed by atoms with Crippen LogP contribution in [0.5, 0.6) is 0 Å². The van der Waals surface area contributed by atoms with Gasteiger partial charge < -0.3 is 34.6 Å². The molecule has 0 saturated carbocycles. The van der Waals surface area contributed by atoms with E-state index in [1.807, 2.05) is 44.1 Å². The van der Waals surface area contributed by atoms with Crippen LogP contribution in [0.25, 0.3) is 20.0 Å². The lowest BCUT2D eigenvalue weighted by Crippen LogP contribution is -2.49. The van der Waals surface area contributed by atoms with Gasteiger partial charge in [-0.2, -0.15) is 0 Å². The van der Waals surface area contributed by atoms with Gasteiger partial charge in [0.05, 0.1) is 68.4 Å². The number of fused-ring (bicyclic) bond motifs is 12. The van der Waals surface area contributed by atoms with Gasteiger partial charge in [0.1, 0.15) is 74.1 Å². The number of thiophene rings is 4. The van der Waals surface area contributed by atoms with Gasteiger partial charge in [0.15, 0.2) is 23.3 Å². The van der Waals surface area contributed by atoms with Gasteiger partial charge in [0, 0.05) is 123 Å². The van der Waals surface area contributed by atoms with E-state index in [-0.39, 0.29) is 63.3 Å². The highest BCUT2D eigenvalue weighted by atomic mass is 32.1. The first-order valence-corrected chi connectivity index (χ1v) is 49.6. The minimum atomic E-state index is -0.540. The van der Waals surface area contributed by atoms with E-state index in [0.29, 0.717) is 81.1 Å². The molecule has 1 fully saturated rings. The molecule has 8 aromatic heterocycles. The molecule has 3 N–H and O–H groups in total. The molecule has 0 spiro atoms. The van der Waals surface area contributed by atoms with E-state index in [1.54, 1.807) is 52.5 Å². The van der Waals surface area contributed by atoms with Crippen LogP contribution in [0, 0.1) is 83.1 Å². The number of nitrogens with zero attached hydrogens (tertiary/aromatic N) is 18. The molecule has 12 aromatic rings. The molecular weight excluding hydrogens is 1760 g/mol. The first-order valence-electron chi connectivity index (χ1n) is 46.3. The number of esters is 2. The molecule has 5 aliphatic rings. The highest BCUT2D eigenvalue weighted by Crippen LogP contribution is 2.46. The summed E-state index contributed by atoms with van der Waals surface area (Å²) in [5.74, 6) is 7.02. The van der Waals surface area contributed by atoms with Crippen molar-refractivity contribution >= 4 is 91.9 Å². The highest BCUT2D eigenvalue weighted by molar-refractivity contribution is 7.16. The second kappa shape index (κ2) is 43.1. The van der Waals surface area contributed by atoms with E-state index in [1.165, 1.54) is 64.0 Å². The molecule has 0 unspecified atom stereocenters. The van der Waals surface area contributed by atoms with Crippen LogP contribution < -0.4 is 5.32 Å². The van der Waals surface area contributed by atoms with E-state index in [2.05, 4.69) is 273 Å². The van der Waals surface area contributed by atoms with Crippen LogP contribution in [0.1, 0.15) is 297 Å². The predicted molar refractivity (Wildman–Crippen MR) is 532 cm³/mol. The third-order valence-electron chi connectivity index (χ3n) is 25.5. The molecule has 134 heavy (non-hydrogen) atoms. The lowest BCUT2D eigenvalue weighted by atomic mass is 9.96. The Kier molecular flexibility index (Phi) is 31.7. The topological polar surface area (TPSA) is 327 Å². The second-order valence-corrected chi connectivity index (χ2v) is 40.7. The number of methoxy groups -OCH3 is 1. The zero-order valence-corrected chi connectivity index (χ0v) is 84.4. The molecule has 13 heterocycles. The van der Waals surface area contributed by atoms with Gasteiger partial charge in [0.25, 0.3) is 0 Å². The molecule has 0 aliphatic carbocycles. The van der Waals surface area contributed by atoms with E-state index < -0.39 is 30.1 Å². The van der Waals surface area contributed by atoms with Crippen molar-refractivity contribution < 1.29 is 43.6 Å². The van der Waals surface area contributed by atoms with Gasteiger partial charge in [-0.3, -0.25) is 62.3 Å². The van der Waals surface area contributed by atoms with Gasteiger partial charge in [-0.1, -0.05) is 152 Å². The molecule has 5 aliphatic heterocycles. The number of aliphatic hydroxyl groups excluding tert-OH is 2. The first-order chi connectivity index (χ1) is 64.2. The van der Waals surface area contributed by atoms with Crippen molar-refractivity contribution in [2.75, 3.05) is 79.4 Å². The van der Waals surface area contributed by atoms with Crippen molar-refractivity contribution in [1.82, 2.24) is 74.2 Å². The van der Waals surface area contributed by atoms with Crippen molar-refractivity contribution in [3.05, 3.63) is 252 Å². The predicted octanol–water partition coefficient (Wildman–Crippen LogP) is 18.0. The van der Waals surface area contributed by atoms with E-state index in [9.17, 15) is 24.3 Å². The lowest BCUT2D eigenvalue weighted by molar-refractivity contribution is -0.145. The minimum absolute atomic E-state index is 0.0265. The highest BCUT2D eigenvalue weighted by Gasteiger charge is 2.39. The number of aryl methyl sites for hydroxylation is 8. The number of nitrogens with one attached hydrogen (secondary N) is 1. The van der Waals surface area contributed by atoms with Crippen LogP contribution >= 0.6 is 45.3 Å². The number of piperazine rings is 1. The number of carbonyl (C=O) groups excluding carboxylic acids is 4. The zero-order chi connectivity index (χ0) is 95.9. The molecule has 706 valence electrons. The van der Waals surface area contributed by atoms with Crippen LogP contribution in [0.2, 0.25) is 0 Å². The maximum absolute atomic E-state index is 13.5. The number of aliphatic imine (C=N–C) groups is 4. The van der Waals surface area contributed by atoms with Crippen LogP contribution in [0.3, 0.4) is 0 Å². The number of β-amino-alcohol motifs (C(OH)–C–C–N with tert-alkyl or cyclic N) is 1. The van der Waals surface area contributed by atoms with E-state index >= 15 is 0 Å². The van der Waals surface area contributed by atoms with Crippen molar-refractivity contribution in [3.63, 3.8) is 0 Å². The molecule has 2 amide bonds.